The van der Waals surface area contributed by atoms with Crippen molar-refractivity contribution >= 4 is 23.4 Å². The van der Waals surface area contributed by atoms with Gasteiger partial charge in [-0.15, -0.1) is 11.6 Å². The van der Waals surface area contributed by atoms with Crippen molar-refractivity contribution in [2.24, 2.45) is 0 Å². The zero-order chi connectivity index (χ0) is 14.3. The van der Waals surface area contributed by atoms with Crippen LogP contribution in [-0.2, 0) is 14.3 Å². The van der Waals surface area contributed by atoms with Crippen molar-refractivity contribution in [2.45, 2.75) is 13.1 Å². The maximum atomic E-state index is 11.9. The van der Waals surface area contributed by atoms with E-state index in [1.807, 2.05) is 0 Å². The van der Waals surface area contributed by atoms with Crippen LogP contribution in [0.3, 0.4) is 0 Å². The predicted octanol–water partition coefficient (Wildman–Crippen LogP) is 2.29. The molecule has 8 heteroatoms. The summed E-state index contributed by atoms with van der Waals surface area (Å²) < 4.78 is 40.2. The highest BCUT2D eigenvalue weighted by Crippen LogP contribution is 2.17. The molecule has 0 aliphatic carbocycles. The average Bonchev–Trinajstić information content (AvgIpc) is 2.27. The van der Waals surface area contributed by atoms with Gasteiger partial charge in [-0.2, -0.15) is 13.2 Å². The number of aliphatic hydroxyl groups is 1. The molecule has 0 atom stereocenters. The summed E-state index contributed by atoms with van der Waals surface area (Å²) in [7, 11) is 0. The molecule has 0 rings (SSSR count). The van der Waals surface area contributed by atoms with Crippen molar-refractivity contribution in [3.63, 3.8) is 0 Å². The van der Waals surface area contributed by atoms with Gasteiger partial charge in [0.1, 0.15) is 5.76 Å². The van der Waals surface area contributed by atoms with Gasteiger partial charge in [-0.1, -0.05) is 0 Å². The van der Waals surface area contributed by atoms with E-state index < -0.39 is 35.1 Å². The fourth-order valence-corrected chi connectivity index (χ4v) is 0.960. The maximum absolute atomic E-state index is 11.9. The van der Waals surface area contributed by atoms with Crippen LogP contribution < -0.4 is 0 Å². The van der Waals surface area contributed by atoms with E-state index >= 15 is 0 Å². The van der Waals surface area contributed by atoms with E-state index in [2.05, 4.69) is 4.74 Å². The van der Waals surface area contributed by atoms with Gasteiger partial charge in [0.2, 0.25) is 0 Å². The number of alkyl halides is 4. The molecule has 1 N–H and O–H groups in total. The summed E-state index contributed by atoms with van der Waals surface area (Å²) in [6.07, 6.45) is -4.41. The van der Waals surface area contributed by atoms with Gasteiger partial charge in [0.05, 0.1) is 18.1 Å². The number of carbonyl (C=O) groups is 2. The lowest BCUT2D eigenvalue weighted by molar-refractivity contribution is -0.165. The Kier molecular flexibility index (Phi) is 6.46. The summed E-state index contributed by atoms with van der Waals surface area (Å²) in [5.74, 6) is -4.41. The lowest BCUT2D eigenvalue weighted by Crippen LogP contribution is -2.20. The number of allylic oxidation sites excluding steroid dienone is 2. The van der Waals surface area contributed by atoms with Crippen molar-refractivity contribution in [1.82, 2.24) is 0 Å². The number of hydrogen-bond acceptors (Lipinski definition) is 4. The van der Waals surface area contributed by atoms with Gasteiger partial charge < -0.3 is 9.84 Å². The van der Waals surface area contributed by atoms with Gasteiger partial charge in [-0.25, -0.2) is 4.79 Å². The smallest absolute Gasteiger partial charge is 0.454 e. The largest absolute Gasteiger partial charge is 0.510 e. The van der Waals surface area contributed by atoms with E-state index in [1.54, 1.807) is 0 Å². The molecule has 18 heavy (non-hydrogen) atoms. The van der Waals surface area contributed by atoms with Crippen LogP contribution in [0, 0.1) is 0 Å². The minimum absolute atomic E-state index is 0.0427. The quantitative estimate of drug-likeness (QED) is 0.277. The molecule has 0 aromatic rings. The molecule has 0 fully saturated rings. The topological polar surface area (TPSA) is 63.6 Å². The summed E-state index contributed by atoms with van der Waals surface area (Å²) in [4.78, 5) is 21.8. The van der Waals surface area contributed by atoms with E-state index in [4.69, 9.17) is 11.6 Å². The first-order valence-corrected chi connectivity index (χ1v) is 5.21. The van der Waals surface area contributed by atoms with Crippen molar-refractivity contribution in [1.29, 1.82) is 0 Å². The van der Waals surface area contributed by atoms with Gasteiger partial charge in [0, 0.05) is 0 Å². The Bertz CT molecular complexity index is 385. The van der Waals surface area contributed by atoms with Crippen molar-refractivity contribution in [3.8, 4) is 0 Å². The first-order valence-electron chi connectivity index (χ1n) is 4.68. The van der Waals surface area contributed by atoms with Crippen LogP contribution in [0.1, 0.15) is 6.92 Å². The molecule has 0 saturated heterocycles. The predicted molar refractivity (Wildman–Crippen MR) is 57.2 cm³/mol. The number of esters is 1. The van der Waals surface area contributed by atoms with Gasteiger partial charge >= 0.3 is 12.1 Å². The van der Waals surface area contributed by atoms with Gasteiger partial charge in [-0.3, -0.25) is 4.79 Å². The third kappa shape index (κ3) is 5.22. The number of ether oxygens (including phenoxy) is 1. The maximum Gasteiger partial charge on any atom is 0.454 e. The SMILES string of the molecule is CCOC(=O)C(/C=C/C(=O)C(F)(F)F)=C(\O)CCl. The molecule has 0 aromatic heterocycles. The molecular weight excluding hydrogens is 277 g/mol. The molecule has 0 radical (unpaired) electrons. The molecule has 0 unspecified atom stereocenters. The van der Waals surface area contributed by atoms with E-state index in [9.17, 15) is 27.9 Å². The normalized spacial score (nSPS) is 13.4. The number of hydrogen-bond donors (Lipinski definition) is 1. The molecular formula is C10H10ClF3O4. The van der Waals surface area contributed by atoms with Crippen LogP contribution >= 0.6 is 11.6 Å². The van der Waals surface area contributed by atoms with Gasteiger partial charge in [0.15, 0.2) is 0 Å². The first-order chi connectivity index (χ1) is 8.23. The van der Waals surface area contributed by atoms with E-state index in [0.29, 0.717) is 6.08 Å². The highest BCUT2D eigenvalue weighted by Gasteiger charge is 2.36. The average molecular weight is 287 g/mol. The Morgan fingerprint density at radius 2 is 1.89 bits per heavy atom. The molecule has 0 aliphatic heterocycles. The Morgan fingerprint density at radius 1 is 1.33 bits per heavy atom. The number of aliphatic hydroxyl groups excluding tert-OH is 1. The molecule has 102 valence electrons. The van der Waals surface area contributed by atoms with Crippen LogP contribution in [0.15, 0.2) is 23.5 Å². The van der Waals surface area contributed by atoms with Gasteiger partial charge in [0.25, 0.3) is 5.78 Å². The summed E-state index contributed by atoms with van der Waals surface area (Å²) in [6, 6.07) is 0. The molecule has 0 aromatic carbocycles. The molecule has 0 spiro atoms. The summed E-state index contributed by atoms with van der Waals surface area (Å²) >= 11 is 5.24. The number of halogens is 4. The van der Waals surface area contributed by atoms with Crippen molar-refractivity contribution in [3.05, 3.63) is 23.5 Å². The molecule has 4 nitrogen and oxygen atoms in total. The zero-order valence-electron chi connectivity index (χ0n) is 9.25. The van der Waals surface area contributed by atoms with Crippen molar-refractivity contribution < 1.29 is 32.6 Å². The zero-order valence-corrected chi connectivity index (χ0v) is 10.0. The lowest BCUT2D eigenvalue weighted by atomic mass is 10.2. The highest BCUT2D eigenvalue weighted by atomic mass is 35.5. The number of rotatable bonds is 5. The number of ketones is 1. The van der Waals surface area contributed by atoms with Crippen LogP contribution in [0.2, 0.25) is 0 Å². The van der Waals surface area contributed by atoms with E-state index in [1.165, 1.54) is 6.92 Å². The van der Waals surface area contributed by atoms with Crippen molar-refractivity contribution in [2.75, 3.05) is 12.5 Å². The van der Waals surface area contributed by atoms with Crippen LogP contribution in [0.4, 0.5) is 13.2 Å². The minimum atomic E-state index is -5.05. The highest BCUT2D eigenvalue weighted by molar-refractivity contribution is 6.19. The second kappa shape index (κ2) is 7.05. The third-order valence-electron chi connectivity index (χ3n) is 1.61. The standard InChI is InChI=1S/C10H10ClF3O4/c1-2-18-9(17)6(7(15)5-11)3-4-8(16)10(12,13)14/h3-4,15H,2,5H2,1H3/b4-3+,7-6-. The molecule has 0 saturated carbocycles. The van der Waals surface area contributed by atoms with Crippen LogP contribution in [-0.4, -0.2) is 35.5 Å². The summed E-state index contributed by atoms with van der Waals surface area (Å²) in [6.45, 7) is 1.43. The fraction of sp³-hybridized carbons (Fsp3) is 0.400. The Balaban J connectivity index is 5.11. The summed E-state index contributed by atoms with van der Waals surface area (Å²) in [5.41, 5.74) is -0.593. The Morgan fingerprint density at radius 3 is 2.28 bits per heavy atom. The lowest BCUT2D eigenvalue weighted by Gasteiger charge is -2.05. The Labute approximate surface area is 106 Å². The van der Waals surface area contributed by atoms with E-state index in [0.717, 1.165) is 0 Å². The minimum Gasteiger partial charge on any atom is -0.510 e. The number of carbonyl (C=O) groups excluding carboxylic acids is 2. The molecule has 0 heterocycles. The Hall–Kier alpha value is -1.50. The fourth-order valence-electron chi connectivity index (χ4n) is 0.816. The monoisotopic (exact) mass is 286 g/mol. The van der Waals surface area contributed by atoms with Gasteiger partial charge in [-0.05, 0) is 19.1 Å². The molecule has 0 aliphatic rings. The van der Waals surface area contributed by atoms with Crippen LogP contribution in [0.5, 0.6) is 0 Å². The molecule has 0 amide bonds. The second-order valence-electron chi connectivity index (χ2n) is 2.91. The van der Waals surface area contributed by atoms with E-state index in [-0.39, 0.29) is 12.7 Å². The third-order valence-corrected chi connectivity index (χ3v) is 1.87. The summed E-state index contributed by atoms with van der Waals surface area (Å²) in [5, 5.41) is 9.23. The second-order valence-corrected chi connectivity index (χ2v) is 3.18. The molecule has 0 bridgehead atoms. The first kappa shape index (κ1) is 16.5. The van der Waals surface area contributed by atoms with Crippen LogP contribution in [0.25, 0.3) is 0 Å².